The van der Waals surface area contributed by atoms with E-state index >= 15 is 0 Å². The van der Waals surface area contributed by atoms with Crippen molar-refractivity contribution in [3.05, 3.63) is 153 Å². The van der Waals surface area contributed by atoms with Gasteiger partial charge in [-0.2, -0.15) is 26.3 Å². The van der Waals surface area contributed by atoms with Gasteiger partial charge in [-0.05, 0) is 47.5 Å². The molecule has 1 N–H and O–H groups in total. The average Bonchev–Trinajstić information content (AvgIpc) is 2.92. The number of alkyl halides is 6. The molecule has 0 aliphatic carbocycles. The summed E-state index contributed by atoms with van der Waals surface area (Å²) < 4.78 is 82.9. The summed E-state index contributed by atoms with van der Waals surface area (Å²) in [5.41, 5.74) is -5.87. The highest BCUT2D eigenvalue weighted by molar-refractivity contribution is 5.95. The number of nitrogens with zero attached hydrogens (tertiary/aromatic N) is 1. The maximum Gasteiger partial charge on any atom is 0.416 e. The van der Waals surface area contributed by atoms with E-state index in [4.69, 9.17) is 0 Å². The van der Waals surface area contributed by atoms with Gasteiger partial charge in [0.25, 0.3) is 11.9 Å². The van der Waals surface area contributed by atoms with Crippen LogP contribution in [0.25, 0.3) is 0 Å². The summed E-state index contributed by atoms with van der Waals surface area (Å²) >= 11 is 0. The Morgan fingerprint density at radius 1 is 0.650 bits per heavy atom. The molecule has 0 bridgehead atoms. The molecule has 0 heterocycles. The third-order valence-corrected chi connectivity index (χ3v) is 6.37. The monoisotopic (exact) mass is 558 g/mol. The van der Waals surface area contributed by atoms with E-state index in [1.807, 2.05) is 0 Å². The first kappa shape index (κ1) is 28.3. The minimum Gasteiger partial charge on any atom is -0.332 e. The first-order chi connectivity index (χ1) is 18.8. The highest BCUT2D eigenvalue weighted by Crippen LogP contribution is 2.46. The van der Waals surface area contributed by atoms with Crippen molar-refractivity contribution in [2.24, 2.45) is 0 Å². The molecule has 0 aromatic heterocycles. The molecule has 11 heteroatoms. The topological polar surface area (TPSA) is 72.2 Å². The van der Waals surface area contributed by atoms with Crippen molar-refractivity contribution in [3.8, 4) is 0 Å². The van der Waals surface area contributed by atoms with Gasteiger partial charge in [-0.1, -0.05) is 72.8 Å². The van der Waals surface area contributed by atoms with E-state index in [9.17, 15) is 41.3 Å². The van der Waals surface area contributed by atoms with Crippen molar-refractivity contribution in [1.29, 1.82) is 0 Å². The van der Waals surface area contributed by atoms with Gasteiger partial charge in [0.2, 0.25) is 0 Å². The van der Waals surface area contributed by atoms with Crippen LogP contribution in [0.3, 0.4) is 0 Å². The molecule has 40 heavy (non-hydrogen) atoms. The molecular weight excluding hydrogens is 538 g/mol. The summed E-state index contributed by atoms with van der Waals surface area (Å²) in [5, 5.41) is 15.3. The van der Waals surface area contributed by atoms with Gasteiger partial charge in [0.15, 0.2) is 5.54 Å². The van der Waals surface area contributed by atoms with Crippen LogP contribution >= 0.6 is 0 Å². The molecule has 4 aromatic carbocycles. The minimum atomic E-state index is -4.89. The van der Waals surface area contributed by atoms with E-state index in [2.05, 4.69) is 5.32 Å². The third kappa shape index (κ3) is 5.68. The molecule has 0 spiro atoms. The molecule has 0 fully saturated rings. The second-order valence-electron chi connectivity index (χ2n) is 8.88. The van der Waals surface area contributed by atoms with Crippen LogP contribution in [0.15, 0.2) is 109 Å². The van der Waals surface area contributed by atoms with Crippen molar-refractivity contribution < 1.29 is 36.1 Å². The molecule has 4 aromatic rings. The zero-order chi connectivity index (χ0) is 29.1. The smallest absolute Gasteiger partial charge is 0.332 e. The Balaban J connectivity index is 2.14. The highest BCUT2D eigenvalue weighted by atomic mass is 19.4. The highest BCUT2D eigenvalue weighted by Gasteiger charge is 2.53. The van der Waals surface area contributed by atoms with E-state index in [0.29, 0.717) is 12.1 Å². The number of amides is 1. The van der Waals surface area contributed by atoms with Crippen LogP contribution in [0, 0.1) is 10.1 Å². The van der Waals surface area contributed by atoms with E-state index in [0.717, 1.165) is 36.4 Å². The number of nitrogens with one attached hydrogen (secondary N) is 1. The Kier molecular flexibility index (Phi) is 7.68. The Bertz CT molecular complexity index is 1450. The Hall–Kier alpha value is -4.67. The van der Waals surface area contributed by atoms with Crippen LogP contribution < -0.4 is 5.32 Å². The lowest BCUT2D eigenvalue weighted by Gasteiger charge is -2.38. The normalized spacial score (nSPS) is 12.9. The maximum absolute atomic E-state index is 13.8. The van der Waals surface area contributed by atoms with Crippen LogP contribution in [0.4, 0.5) is 26.3 Å². The molecule has 5 nitrogen and oxygen atoms in total. The van der Waals surface area contributed by atoms with Crippen molar-refractivity contribution in [1.82, 2.24) is 5.32 Å². The number of hydrogen-bond acceptors (Lipinski definition) is 3. The minimum absolute atomic E-state index is 0.0130. The molecule has 0 aliphatic heterocycles. The van der Waals surface area contributed by atoms with Gasteiger partial charge in [-0.3, -0.25) is 14.9 Å². The SMILES string of the molecule is O=C(NC(c1cccc(C(F)(F)F)c1)(c1cccc(C(F)(F)F)c1)C(c1ccccc1)[N+](=O)[O-])c1ccccc1. The van der Waals surface area contributed by atoms with Crippen molar-refractivity contribution >= 4 is 5.91 Å². The number of carbonyl (C=O) groups is 1. The maximum atomic E-state index is 13.8. The van der Waals surface area contributed by atoms with Crippen LogP contribution in [0.1, 0.15) is 44.2 Å². The Morgan fingerprint density at radius 2 is 1.07 bits per heavy atom. The lowest BCUT2D eigenvalue weighted by atomic mass is 9.73. The number of rotatable bonds is 7. The predicted molar refractivity (Wildman–Crippen MR) is 134 cm³/mol. The van der Waals surface area contributed by atoms with E-state index < -0.39 is 57.0 Å². The fourth-order valence-electron chi connectivity index (χ4n) is 4.58. The molecule has 206 valence electrons. The second-order valence-corrected chi connectivity index (χ2v) is 8.88. The van der Waals surface area contributed by atoms with Gasteiger partial charge in [0, 0.05) is 16.1 Å². The van der Waals surface area contributed by atoms with Crippen LogP contribution in [-0.2, 0) is 17.9 Å². The van der Waals surface area contributed by atoms with E-state index in [-0.39, 0.29) is 11.1 Å². The lowest BCUT2D eigenvalue weighted by Crippen LogP contribution is -2.53. The van der Waals surface area contributed by atoms with Gasteiger partial charge in [-0.25, -0.2) is 0 Å². The van der Waals surface area contributed by atoms with Crippen LogP contribution in [0.2, 0.25) is 0 Å². The predicted octanol–water partition coefficient (Wildman–Crippen LogP) is 7.42. The zero-order valence-corrected chi connectivity index (χ0v) is 20.4. The van der Waals surface area contributed by atoms with Crippen LogP contribution in [-0.4, -0.2) is 10.8 Å². The largest absolute Gasteiger partial charge is 0.416 e. The standard InChI is InChI=1S/C29H20F6N2O3/c30-28(31,32)23-15-7-13-21(17-23)27(36-26(38)20-11-5-2-6-12-20,22-14-8-16-24(18-22)29(33,34)35)25(37(39)40)19-9-3-1-4-10-19/h1-18,25H,(H,36,38). The molecule has 0 saturated heterocycles. The van der Waals surface area contributed by atoms with Gasteiger partial charge < -0.3 is 5.32 Å². The molecule has 4 rings (SSSR count). The molecule has 1 atom stereocenters. The molecule has 0 saturated carbocycles. The van der Waals surface area contributed by atoms with Crippen molar-refractivity contribution in [2.75, 3.05) is 0 Å². The first-order valence-corrected chi connectivity index (χ1v) is 11.8. The second kappa shape index (κ2) is 10.8. The summed E-state index contributed by atoms with van der Waals surface area (Å²) in [4.78, 5) is 25.5. The summed E-state index contributed by atoms with van der Waals surface area (Å²) in [7, 11) is 0. The fraction of sp³-hybridized carbons (Fsp3) is 0.138. The number of nitro groups is 1. The third-order valence-electron chi connectivity index (χ3n) is 6.37. The summed E-state index contributed by atoms with van der Waals surface area (Å²) in [5.74, 6) is -0.946. The van der Waals surface area contributed by atoms with Crippen LogP contribution in [0.5, 0.6) is 0 Å². The molecule has 0 aliphatic rings. The van der Waals surface area contributed by atoms with E-state index in [1.54, 1.807) is 12.1 Å². The summed E-state index contributed by atoms with van der Waals surface area (Å²) in [6.07, 6.45) is -9.79. The zero-order valence-electron chi connectivity index (χ0n) is 20.4. The van der Waals surface area contributed by atoms with Gasteiger partial charge in [0.05, 0.1) is 11.1 Å². The van der Waals surface area contributed by atoms with Crippen molar-refractivity contribution in [2.45, 2.75) is 23.9 Å². The fourth-order valence-corrected chi connectivity index (χ4v) is 4.58. The number of benzene rings is 4. The van der Waals surface area contributed by atoms with Gasteiger partial charge >= 0.3 is 12.4 Å². The summed E-state index contributed by atoms with van der Waals surface area (Å²) in [6, 6.07) is 19.2. The quantitative estimate of drug-likeness (QED) is 0.146. The van der Waals surface area contributed by atoms with Crippen molar-refractivity contribution in [3.63, 3.8) is 0 Å². The molecule has 0 radical (unpaired) electrons. The lowest BCUT2D eigenvalue weighted by molar-refractivity contribution is -0.541. The average molecular weight is 558 g/mol. The number of hydrogen-bond donors (Lipinski definition) is 1. The number of carbonyl (C=O) groups excluding carboxylic acids is 1. The molecule has 1 amide bonds. The molecule has 1 unspecified atom stereocenters. The molecular formula is C29H20F6N2O3. The number of halogens is 6. The van der Waals surface area contributed by atoms with Gasteiger partial charge in [0.1, 0.15) is 0 Å². The Labute approximate surface area is 224 Å². The summed E-state index contributed by atoms with van der Waals surface area (Å²) in [6.45, 7) is 0. The van der Waals surface area contributed by atoms with Gasteiger partial charge in [-0.15, -0.1) is 0 Å². The van der Waals surface area contributed by atoms with E-state index in [1.165, 1.54) is 48.5 Å². The Morgan fingerprint density at radius 3 is 1.50 bits per heavy atom. The first-order valence-electron chi connectivity index (χ1n) is 11.8.